The van der Waals surface area contributed by atoms with Crippen LogP contribution in [0.2, 0.25) is 0 Å². The number of carbonyl (C=O) groups is 1. The summed E-state index contributed by atoms with van der Waals surface area (Å²) in [7, 11) is 0. The largest absolute Gasteiger partial charge is 0.488 e. The first-order chi connectivity index (χ1) is 11.3. The van der Waals surface area contributed by atoms with E-state index in [0.29, 0.717) is 13.2 Å². The molecule has 0 aliphatic carbocycles. The molecular weight excluding hydrogens is 292 g/mol. The van der Waals surface area contributed by atoms with Gasteiger partial charge in [-0.1, -0.05) is 18.2 Å². The van der Waals surface area contributed by atoms with E-state index in [0.717, 1.165) is 36.3 Å². The molecule has 0 saturated carbocycles. The molecular formula is C18H18N2O3. The summed E-state index contributed by atoms with van der Waals surface area (Å²) in [5, 5.41) is 12.0. The summed E-state index contributed by atoms with van der Waals surface area (Å²) in [4.78, 5) is 12.1. The van der Waals surface area contributed by atoms with Gasteiger partial charge < -0.3 is 14.8 Å². The van der Waals surface area contributed by atoms with Crippen LogP contribution in [0.3, 0.4) is 0 Å². The molecule has 1 aromatic carbocycles. The number of para-hydroxylation sites is 1. The topological polar surface area (TPSA) is 71.3 Å². The first-order valence-corrected chi connectivity index (χ1v) is 7.70. The highest BCUT2D eigenvalue weighted by Crippen LogP contribution is 2.26. The Morgan fingerprint density at radius 2 is 2.30 bits per heavy atom. The van der Waals surface area contributed by atoms with Crippen molar-refractivity contribution in [3.63, 3.8) is 0 Å². The number of hydrogen-bond acceptors (Lipinski definition) is 4. The first-order valence-electron chi connectivity index (χ1n) is 7.70. The molecule has 118 valence electrons. The number of nitrogens with zero attached hydrogens (tertiary/aromatic N) is 1. The molecule has 0 radical (unpaired) electrons. The predicted octanol–water partition coefficient (Wildman–Crippen LogP) is 2.21. The van der Waals surface area contributed by atoms with E-state index in [4.69, 9.17) is 9.47 Å². The Morgan fingerprint density at radius 3 is 3.09 bits per heavy atom. The lowest BCUT2D eigenvalue weighted by molar-refractivity contribution is -0.117. The Labute approximate surface area is 135 Å². The van der Waals surface area contributed by atoms with Crippen LogP contribution in [0.15, 0.2) is 41.5 Å². The highest BCUT2D eigenvalue weighted by Gasteiger charge is 2.18. The predicted molar refractivity (Wildman–Crippen MR) is 85.6 cm³/mol. The molecule has 2 aliphatic rings. The number of hydrogen-bond donors (Lipinski definition) is 1. The number of carbonyl (C=O) groups excluding carboxylic acids is 1. The van der Waals surface area contributed by atoms with Gasteiger partial charge in [0.05, 0.1) is 6.10 Å². The summed E-state index contributed by atoms with van der Waals surface area (Å²) >= 11 is 0. The van der Waals surface area contributed by atoms with E-state index in [9.17, 15) is 10.1 Å². The molecule has 1 N–H and O–H groups in total. The maximum atomic E-state index is 12.1. The van der Waals surface area contributed by atoms with Gasteiger partial charge in [-0.3, -0.25) is 4.79 Å². The van der Waals surface area contributed by atoms with Crippen LogP contribution in [0.5, 0.6) is 5.75 Å². The molecule has 0 aromatic heterocycles. The molecule has 2 heterocycles. The Kier molecular flexibility index (Phi) is 4.74. The van der Waals surface area contributed by atoms with E-state index in [1.807, 2.05) is 36.4 Å². The summed E-state index contributed by atoms with van der Waals surface area (Å²) in [5.74, 6) is 0.439. The van der Waals surface area contributed by atoms with Crippen molar-refractivity contribution < 1.29 is 14.3 Å². The Hall–Kier alpha value is -2.58. The van der Waals surface area contributed by atoms with Gasteiger partial charge in [-0.05, 0) is 36.6 Å². The number of fused-ring (bicyclic) bond motifs is 1. The third kappa shape index (κ3) is 3.79. The zero-order valence-electron chi connectivity index (χ0n) is 12.7. The van der Waals surface area contributed by atoms with Crippen molar-refractivity contribution in [2.24, 2.45) is 0 Å². The third-order valence-corrected chi connectivity index (χ3v) is 3.86. The normalized spacial score (nSPS) is 20.0. The highest BCUT2D eigenvalue weighted by molar-refractivity contribution is 5.98. The van der Waals surface area contributed by atoms with Crippen molar-refractivity contribution in [3.05, 3.63) is 47.1 Å². The van der Waals surface area contributed by atoms with Crippen LogP contribution in [0.4, 0.5) is 0 Å². The lowest BCUT2D eigenvalue weighted by Gasteiger charge is -2.16. The van der Waals surface area contributed by atoms with Crippen molar-refractivity contribution in [3.8, 4) is 11.8 Å². The molecule has 3 rings (SSSR count). The van der Waals surface area contributed by atoms with Gasteiger partial charge in [-0.15, -0.1) is 0 Å². The zero-order chi connectivity index (χ0) is 16.1. The van der Waals surface area contributed by atoms with Crippen LogP contribution in [-0.4, -0.2) is 31.8 Å². The molecule has 0 spiro atoms. The van der Waals surface area contributed by atoms with Gasteiger partial charge in [0.25, 0.3) is 5.91 Å². The van der Waals surface area contributed by atoms with Crippen LogP contribution >= 0.6 is 0 Å². The molecule has 1 aromatic rings. The van der Waals surface area contributed by atoms with Gasteiger partial charge >= 0.3 is 0 Å². The van der Waals surface area contributed by atoms with E-state index in [2.05, 4.69) is 5.32 Å². The molecule has 1 unspecified atom stereocenters. The van der Waals surface area contributed by atoms with Gasteiger partial charge in [0.15, 0.2) is 0 Å². The molecule has 1 amide bonds. The van der Waals surface area contributed by atoms with Gasteiger partial charge in [-0.2, -0.15) is 5.26 Å². The molecule has 1 saturated heterocycles. The van der Waals surface area contributed by atoms with Crippen LogP contribution in [0, 0.1) is 11.3 Å². The third-order valence-electron chi connectivity index (χ3n) is 3.86. The fraction of sp³-hybridized carbons (Fsp3) is 0.333. The van der Waals surface area contributed by atoms with Crippen LogP contribution in [0.1, 0.15) is 18.4 Å². The molecule has 1 fully saturated rings. The summed E-state index contributed by atoms with van der Waals surface area (Å²) in [6.07, 6.45) is 5.54. The summed E-state index contributed by atoms with van der Waals surface area (Å²) in [6, 6.07) is 9.62. The minimum Gasteiger partial charge on any atom is -0.488 e. The second-order valence-electron chi connectivity index (χ2n) is 5.56. The number of rotatable bonds is 4. The van der Waals surface area contributed by atoms with Gasteiger partial charge in [0, 0.05) is 18.7 Å². The highest BCUT2D eigenvalue weighted by atomic mass is 16.5. The monoisotopic (exact) mass is 310 g/mol. The molecule has 5 heteroatoms. The number of amides is 1. The molecule has 0 bridgehead atoms. The Balaban J connectivity index is 1.68. The lowest BCUT2D eigenvalue weighted by Crippen LogP contribution is -2.32. The smallest absolute Gasteiger partial charge is 0.262 e. The van der Waals surface area contributed by atoms with Gasteiger partial charge in [0.2, 0.25) is 0 Å². The zero-order valence-corrected chi connectivity index (χ0v) is 12.7. The number of benzene rings is 1. The SMILES string of the molecule is N#C/C(=C\C1=Cc2ccccc2OC1)C(=O)NCC1CCCO1. The second kappa shape index (κ2) is 7.12. The second-order valence-corrected chi connectivity index (χ2v) is 5.56. The minimum absolute atomic E-state index is 0.0583. The van der Waals surface area contributed by atoms with E-state index in [-0.39, 0.29) is 17.6 Å². The van der Waals surface area contributed by atoms with Crippen molar-refractivity contribution >= 4 is 12.0 Å². The number of nitriles is 1. The van der Waals surface area contributed by atoms with E-state index in [1.165, 1.54) is 0 Å². The van der Waals surface area contributed by atoms with E-state index < -0.39 is 0 Å². The van der Waals surface area contributed by atoms with Crippen LogP contribution < -0.4 is 10.1 Å². The number of nitrogens with one attached hydrogen (secondary N) is 1. The lowest BCUT2D eigenvalue weighted by atomic mass is 10.1. The Morgan fingerprint density at radius 1 is 1.43 bits per heavy atom. The molecule has 1 atom stereocenters. The van der Waals surface area contributed by atoms with Crippen molar-refractivity contribution in [1.82, 2.24) is 5.32 Å². The Bertz CT molecular complexity index is 694. The summed E-state index contributed by atoms with van der Waals surface area (Å²) in [6.45, 7) is 1.53. The summed E-state index contributed by atoms with van der Waals surface area (Å²) in [5.41, 5.74) is 1.83. The average Bonchev–Trinajstić information content (AvgIpc) is 3.11. The quantitative estimate of drug-likeness (QED) is 0.683. The van der Waals surface area contributed by atoms with E-state index >= 15 is 0 Å². The fourth-order valence-electron chi connectivity index (χ4n) is 2.66. The maximum Gasteiger partial charge on any atom is 0.262 e. The molecule has 23 heavy (non-hydrogen) atoms. The molecule has 2 aliphatic heterocycles. The fourth-order valence-corrected chi connectivity index (χ4v) is 2.66. The minimum atomic E-state index is -0.372. The van der Waals surface area contributed by atoms with Crippen LogP contribution in [-0.2, 0) is 9.53 Å². The van der Waals surface area contributed by atoms with Gasteiger partial charge in [0.1, 0.15) is 24.0 Å². The maximum absolute atomic E-state index is 12.1. The first kappa shape index (κ1) is 15.3. The van der Waals surface area contributed by atoms with Crippen molar-refractivity contribution in [2.75, 3.05) is 19.8 Å². The van der Waals surface area contributed by atoms with Crippen LogP contribution in [0.25, 0.3) is 6.08 Å². The average molecular weight is 310 g/mol. The van der Waals surface area contributed by atoms with Crippen molar-refractivity contribution in [1.29, 1.82) is 5.26 Å². The van der Waals surface area contributed by atoms with Gasteiger partial charge in [-0.25, -0.2) is 0 Å². The summed E-state index contributed by atoms with van der Waals surface area (Å²) < 4.78 is 11.1. The standard InChI is InChI=1S/C18H18N2O3/c19-10-15(18(21)20-11-16-5-3-7-22-16)9-13-8-14-4-1-2-6-17(14)23-12-13/h1-2,4,6,8-9,16H,3,5,7,11-12H2,(H,20,21)/b15-9+. The molecule has 5 nitrogen and oxygen atoms in total. The number of ether oxygens (including phenoxy) is 2. The van der Waals surface area contributed by atoms with Crippen molar-refractivity contribution in [2.45, 2.75) is 18.9 Å². The van der Waals surface area contributed by atoms with E-state index in [1.54, 1.807) is 6.08 Å².